The monoisotopic (exact) mass is 438 g/mol. The molecule has 7 nitrogen and oxygen atoms in total. The van der Waals surface area contributed by atoms with Crippen LogP contribution in [-0.2, 0) is 4.79 Å². The highest BCUT2D eigenvalue weighted by Crippen LogP contribution is 2.28. The Morgan fingerprint density at radius 2 is 1.45 bits per heavy atom. The molecular weight excluding hydrogens is 412 g/mol. The van der Waals surface area contributed by atoms with E-state index < -0.39 is 5.92 Å². The van der Waals surface area contributed by atoms with E-state index in [2.05, 4.69) is 32.2 Å². The fourth-order valence-corrected chi connectivity index (χ4v) is 3.66. The molecule has 0 aliphatic rings. The SMILES string of the molecule is Cc1ccc(Nc2ncnc(NNC(=O)C(c3ccccc3)c3ccccc3)c2N)c(C)c1. The minimum absolute atomic E-state index is 0.227. The van der Waals surface area contributed by atoms with Gasteiger partial charge in [-0.15, -0.1) is 0 Å². The van der Waals surface area contributed by atoms with Gasteiger partial charge in [0.05, 0.1) is 5.92 Å². The van der Waals surface area contributed by atoms with Crippen molar-refractivity contribution in [3.05, 3.63) is 107 Å². The number of hydrogen-bond acceptors (Lipinski definition) is 6. The van der Waals surface area contributed by atoms with Crippen molar-refractivity contribution in [2.45, 2.75) is 19.8 Å². The molecule has 0 aliphatic heterocycles. The maximum atomic E-state index is 13.2. The summed E-state index contributed by atoms with van der Waals surface area (Å²) < 4.78 is 0. The van der Waals surface area contributed by atoms with Gasteiger partial charge in [0.25, 0.3) is 0 Å². The predicted molar refractivity (Wildman–Crippen MR) is 132 cm³/mol. The number of rotatable bonds is 7. The Balaban J connectivity index is 1.53. The van der Waals surface area contributed by atoms with Gasteiger partial charge in [-0.05, 0) is 36.6 Å². The summed E-state index contributed by atoms with van der Waals surface area (Å²) in [5, 5.41) is 3.24. The van der Waals surface area contributed by atoms with E-state index in [0.717, 1.165) is 22.4 Å². The Kier molecular flexibility index (Phi) is 6.50. The summed E-state index contributed by atoms with van der Waals surface area (Å²) >= 11 is 0. The zero-order chi connectivity index (χ0) is 23.2. The Bertz CT molecular complexity index is 1200. The summed E-state index contributed by atoms with van der Waals surface area (Å²) in [7, 11) is 0. The Hall–Kier alpha value is -4.39. The first kappa shape index (κ1) is 21.8. The molecule has 0 atom stereocenters. The molecular formula is C26H26N6O. The minimum Gasteiger partial charge on any atom is -0.393 e. The van der Waals surface area contributed by atoms with Crippen molar-refractivity contribution in [1.29, 1.82) is 0 Å². The van der Waals surface area contributed by atoms with Crippen LogP contribution >= 0.6 is 0 Å². The topological polar surface area (TPSA) is 105 Å². The molecule has 0 bridgehead atoms. The summed E-state index contributed by atoms with van der Waals surface area (Å²) in [4.78, 5) is 21.7. The van der Waals surface area contributed by atoms with Gasteiger partial charge in [-0.3, -0.25) is 15.6 Å². The van der Waals surface area contributed by atoms with Crippen LogP contribution in [0, 0.1) is 13.8 Å². The van der Waals surface area contributed by atoms with Crippen molar-refractivity contribution >= 4 is 28.9 Å². The van der Waals surface area contributed by atoms with Gasteiger partial charge in [-0.2, -0.15) is 0 Å². The highest BCUT2D eigenvalue weighted by Gasteiger charge is 2.23. The number of benzene rings is 3. The summed E-state index contributed by atoms with van der Waals surface area (Å²) in [5.74, 6) is 0.0481. The molecule has 0 spiro atoms. The average molecular weight is 439 g/mol. The van der Waals surface area contributed by atoms with E-state index in [-0.39, 0.29) is 5.91 Å². The molecule has 0 aliphatic carbocycles. The van der Waals surface area contributed by atoms with E-state index in [4.69, 9.17) is 5.73 Å². The Morgan fingerprint density at radius 1 is 0.848 bits per heavy atom. The second-order valence-corrected chi connectivity index (χ2v) is 7.80. The smallest absolute Gasteiger partial charge is 0.250 e. The Labute approximate surface area is 193 Å². The molecule has 7 heteroatoms. The average Bonchev–Trinajstić information content (AvgIpc) is 2.83. The van der Waals surface area contributed by atoms with Gasteiger partial charge in [-0.1, -0.05) is 78.4 Å². The second kappa shape index (κ2) is 9.82. The molecule has 1 heterocycles. The maximum Gasteiger partial charge on any atom is 0.250 e. The third kappa shape index (κ3) is 5.10. The fourth-order valence-electron chi connectivity index (χ4n) is 3.66. The van der Waals surface area contributed by atoms with Crippen molar-refractivity contribution in [3.8, 4) is 0 Å². The molecule has 166 valence electrons. The Morgan fingerprint density at radius 3 is 2.06 bits per heavy atom. The number of hydrogen-bond donors (Lipinski definition) is 4. The van der Waals surface area contributed by atoms with Gasteiger partial charge >= 0.3 is 0 Å². The number of aryl methyl sites for hydroxylation is 2. The van der Waals surface area contributed by atoms with E-state index in [1.807, 2.05) is 86.6 Å². The first-order valence-electron chi connectivity index (χ1n) is 10.6. The van der Waals surface area contributed by atoms with Crippen LogP contribution in [0.3, 0.4) is 0 Å². The quantitative estimate of drug-likeness (QED) is 0.312. The number of nitrogens with zero attached hydrogens (tertiary/aromatic N) is 2. The molecule has 0 fully saturated rings. The van der Waals surface area contributed by atoms with Crippen LogP contribution in [-0.4, -0.2) is 15.9 Å². The number of nitrogens with two attached hydrogens (primary N) is 1. The highest BCUT2D eigenvalue weighted by molar-refractivity contribution is 5.89. The third-order valence-corrected chi connectivity index (χ3v) is 5.35. The highest BCUT2D eigenvalue weighted by atomic mass is 16.2. The van der Waals surface area contributed by atoms with Crippen LogP contribution in [0.2, 0.25) is 0 Å². The van der Waals surface area contributed by atoms with Crippen molar-refractivity contribution in [2.24, 2.45) is 0 Å². The molecule has 1 aromatic heterocycles. The van der Waals surface area contributed by atoms with Crippen LogP contribution < -0.4 is 21.9 Å². The van der Waals surface area contributed by atoms with E-state index in [1.165, 1.54) is 11.9 Å². The molecule has 0 radical (unpaired) electrons. The summed E-state index contributed by atoms with van der Waals surface area (Å²) in [6.45, 7) is 4.05. The summed E-state index contributed by atoms with van der Waals surface area (Å²) in [5.41, 5.74) is 17.1. The molecule has 1 amide bonds. The molecule has 0 saturated carbocycles. The second-order valence-electron chi connectivity index (χ2n) is 7.80. The number of aromatic nitrogens is 2. The van der Waals surface area contributed by atoms with Gasteiger partial charge < -0.3 is 11.1 Å². The van der Waals surface area contributed by atoms with Crippen LogP contribution in [0.5, 0.6) is 0 Å². The predicted octanol–water partition coefficient (Wildman–Crippen LogP) is 4.69. The number of carbonyl (C=O) groups is 1. The van der Waals surface area contributed by atoms with Crippen molar-refractivity contribution < 1.29 is 4.79 Å². The van der Waals surface area contributed by atoms with Gasteiger partial charge in [0, 0.05) is 5.69 Å². The number of anilines is 4. The molecule has 0 saturated heterocycles. The zero-order valence-corrected chi connectivity index (χ0v) is 18.5. The van der Waals surface area contributed by atoms with Crippen molar-refractivity contribution in [1.82, 2.24) is 15.4 Å². The van der Waals surface area contributed by atoms with Crippen molar-refractivity contribution in [3.63, 3.8) is 0 Å². The van der Waals surface area contributed by atoms with Crippen LogP contribution in [0.4, 0.5) is 23.0 Å². The summed E-state index contributed by atoms with van der Waals surface area (Å²) in [6, 6.07) is 25.3. The lowest BCUT2D eigenvalue weighted by molar-refractivity contribution is -0.121. The van der Waals surface area contributed by atoms with E-state index in [9.17, 15) is 4.79 Å². The zero-order valence-electron chi connectivity index (χ0n) is 18.5. The number of nitrogens with one attached hydrogen (secondary N) is 3. The minimum atomic E-state index is -0.490. The lowest BCUT2D eigenvalue weighted by Gasteiger charge is -2.19. The lowest BCUT2D eigenvalue weighted by atomic mass is 9.91. The fraction of sp³-hybridized carbons (Fsp3) is 0.115. The number of nitrogen functional groups attached to an aromatic ring is 1. The normalized spacial score (nSPS) is 10.6. The van der Waals surface area contributed by atoms with Gasteiger partial charge in [0.2, 0.25) is 5.91 Å². The van der Waals surface area contributed by atoms with Crippen LogP contribution in [0.1, 0.15) is 28.2 Å². The molecule has 3 aromatic carbocycles. The van der Waals surface area contributed by atoms with Gasteiger partial charge in [-0.25, -0.2) is 9.97 Å². The van der Waals surface area contributed by atoms with Crippen LogP contribution in [0.25, 0.3) is 0 Å². The number of hydrazine groups is 1. The van der Waals surface area contributed by atoms with Gasteiger partial charge in [0.15, 0.2) is 11.6 Å². The number of amides is 1. The molecule has 4 rings (SSSR count). The standard InChI is InChI=1S/C26H26N6O/c1-17-13-14-21(18(2)15-17)30-24-23(27)25(29-16-28-24)31-32-26(33)22(19-9-5-3-6-10-19)20-11-7-4-8-12-20/h3-16,22H,27H2,1-2H3,(H,32,33)(H2,28,29,30,31). The molecule has 0 unspecified atom stereocenters. The van der Waals surface area contributed by atoms with E-state index in [0.29, 0.717) is 17.3 Å². The lowest BCUT2D eigenvalue weighted by Crippen LogP contribution is -2.35. The van der Waals surface area contributed by atoms with Gasteiger partial charge in [0.1, 0.15) is 12.0 Å². The van der Waals surface area contributed by atoms with E-state index in [1.54, 1.807) is 0 Å². The van der Waals surface area contributed by atoms with Crippen molar-refractivity contribution in [2.75, 3.05) is 16.5 Å². The number of carbonyl (C=O) groups excluding carboxylic acids is 1. The first-order chi connectivity index (χ1) is 16.0. The molecule has 4 aromatic rings. The largest absolute Gasteiger partial charge is 0.393 e. The van der Waals surface area contributed by atoms with E-state index >= 15 is 0 Å². The summed E-state index contributed by atoms with van der Waals surface area (Å²) in [6.07, 6.45) is 1.39. The first-order valence-corrected chi connectivity index (χ1v) is 10.6. The molecule has 5 N–H and O–H groups in total. The van der Waals surface area contributed by atoms with Crippen LogP contribution in [0.15, 0.2) is 85.2 Å². The third-order valence-electron chi connectivity index (χ3n) is 5.35. The maximum absolute atomic E-state index is 13.2. The molecule has 33 heavy (non-hydrogen) atoms.